The molecule has 0 aliphatic carbocycles. The number of hydrogen-bond acceptors (Lipinski definition) is 4. The number of aliphatic hydroxyl groups excluding tert-OH is 1. The van der Waals surface area contributed by atoms with E-state index in [1.165, 1.54) is 0 Å². The number of nitrogens with one attached hydrogen (secondary N) is 1. The summed E-state index contributed by atoms with van der Waals surface area (Å²) in [5.41, 5.74) is 1.94. The van der Waals surface area contributed by atoms with Crippen molar-refractivity contribution in [3.05, 3.63) is 29.3 Å². The Labute approximate surface area is 113 Å². The number of carbonyl (C=O) groups excluding carboxylic acids is 1. The fourth-order valence-electron chi connectivity index (χ4n) is 1.86. The molecule has 0 heterocycles. The molecule has 0 unspecified atom stereocenters. The molecular weight excluding hydrogens is 242 g/mol. The molecule has 0 aromatic heterocycles. The van der Waals surface area contributed by atoms with Gasteiger partial charge in [0.2, 0.25) is 5.91 Å². The van der Waals surface area contributed by atoms with E-state index in [0.717, 1.165) is 5.69 Å². The van der Waals surface area contributed by atoms with Crippen molar-refractivity contribution in [2.45, 2.75) is 20.0 Å². The standard InChI is InChI=1S/C14H19N3O2/c1-4-17(9-14(19)16-3)13-7-11(8-15)5-6-12(13)10(2)18/h5-7,10,18H,4,9H2,1-3H3,(H,16,19)/t10-/m1/s1. The molecule has 1 rings (SSSR count). The van der Waals surface area contributed by atoms with Crippen LogP contribution in [0, 0.1) is 11.3 Å². The van der Waals surface area contributed by atoms with Crippen molar-refractivity contribution in [2.24, 2.45) is 0 Å². The van der Waals surface area contributed by atoms with Crippen LogP contribution in [0.1, 0.15) is 31.1 Å². The third kappa shape index (κ3) is 3.70. The van der Waals surface area contributed by atoms with Crippen molar-refractivity contribution in [3.63, 3.8) is 0 Å². The second kappa shape index (κ2) is 6.76. The van der Waals surface area contributed by atoms with E-state index in [1.54, 1.807) is 32.2 Å². The van der Waals surface area contributed by atoms with Crippen molar-refractivity contribution < 1.29 is 9.90 Å². The van der Waals surface area contributed by atoms with Gasteiger partial charge in [-0.2, -0.15) is 5.26 Å². The van der Waals surface area contributed by atoms with Gasteiger partial charge < -0.3 is 15.3 Å². The minimum Gasteiger partial charge on any atom is -0.389 e. The maximum atomic E-state index is 11.5. The maximum absolute atomic E-state index is 11.5. The number of hydrogen-bond donors (Lipinski definition) is 2. The van der Waals surface area contributed by atoms with E-state index in [9.17, 15) is 9.90 Å². The van der Waals surface area contributed by atoms with E-state index < -0.39 is 6.10 Å². The molecule has 5 nitrogen and oxygen atoms in total. The Morgan fingerprint density at radius 2 is 2.26 bits per heavy atom. The number of rotatable bonds is 5. The van der Waals surface area contributed by atoms with Gasteiger partial charge >= 0.3 is 0 Å². The van der Waals surface area contributed by atoms with Gasteiger partial charge in [0.15, 0.2) is 0 Å². The number of nitriles is 1. The smallest absolute Gasteiger partial charge is 0.239 e. The Morgan fingerprint density at radius 1 is 1.58 bits per heavy atom. The van der Waals surface area contributed by atoms with E-state index in [-0.39, 0.29) is 12.5 Å². The zero-order valence-electron chi connectivity index (χ0n) is 11.5. The van der Waals surface area contributed by atoms with Gasteiger partial charge in [-0.25, -0.2) is 0 Å². The van der Waals surface area contributed by atoms with Crippen molar-refractivity contribution in [1.82, 2.24) is 5.32 Å². The molecule has 1 aromatic carbocycles. The lowest BCUT2D eigenvalue weighted by atomic mass is 10.0. The quantitative estimate of drug-likeness (QED) is 0.834. The third-order valence-electron chi connectivity index (χ3n) is 2.95. The highest BCUT2D eigenvalue weighted by molar-refractivity contribution is 5.81. The molecule has 19 heavy (non-hydrogen) atoms. The summed E-state index contributed by atoms with van der Waals surface area (Å²) in [5.74, 6) is -0.110. The predicted molar refractivity (Wildman–Crippen MR) is 73.7 cm³/mol. The van der Waals surface area contributed by atoms with Crippen LogP contribution in [0.25, 0.3) is 0 Å². The zero-order chi connectivity index (χ0) is 14.4. The lowest BCUT2D eigenvalue weighted by Gasteiger charge is -2.26. The predicted octanol–water partition coefficient (Wildman–Crippen LogP) is 1.18. The average molecular weight is 261 g/mol. The van der Waals surface area contributed by atoms with Crippen LogP contribution in [-0.2, 0) is 4.79 Å². The highest BCUT2D eigenvalue weighted by Crippen LogP contribution is 2.27. The van der Waals surface area contributed by atoms with Crippen molar-refractivity contribution in [3.8, 4) is 6.07 Å². The normalized spacial score (nSPS) is 11.5. The Kier molecular flexibility index (Phi) is 5.34. The fraction of sp³-hybridized carbons (Fsp3) is 0.429. The van der Waals surface area contributed by atoms with Crippen molar-refractivity contribution >= 4 is 11.6 Å². The van der Waals surface area contributed by atoms with Gasteiger partial charge in [0.05, 0.1) is 24.3 Å². The summed E-state index contributed by atoms with van der Waals surface area (Å²) in [6.07, 6.45) is -0.651. The Bertz CT molecular complexity index is 492. The molecule has 102 valence electrons. The lowest BCUT2D eigenvalue weighted by Crippen LogP contribution is -2.36. The van der Waals surface area contributed by atoms with Gasteiger partial charge in [-0.15, -0.1) is 0 Å². The third-order valence-corrected chi connectivity index (χ3v) is 2.95. The number of aliphatic hydroxyl groups is 1. The first-order valence-corrected chi connectivity index (χ1v) is 6.21. The minimum absolute atomic E-state index is 0.110. The molecule has 0 bridgehead atoms. The molecule has 0 radical (unpaired) electrons. The van der Waals surface area contributed by atoms with E-state index in [1.807, 2.05) is 11.8 Å². The molecule has 5 heteroatoms. The molecule has 0 saturated heterocycles. The molecular formula is C14H19N3O2. The molecule has 1 aromatic rings. The van der Waals surface area contributed by atoms with Gasteiger partial charge in [-0.3, -0.25) is 4.79 Å². The first-order chi connectivity index (χ1) is 9.03. The van der Waals surface area contributed by atoms with Gasteiger partial charge in [-0.1, -0.05) is 6.07 Å². The summed E-state index contributed by atoms with van der Waals surface area (Å²) in [6, 6.07) is 7.17. The van der Waals surface area contributed by atoms with E-state index in [0.29, 0.717) is 17.7 Å². The Morgan fingerprint density at radius 3 is 2.74 bits per heavy atom. The lowest BCUT2D eigenvalue weighted by molar-refractivity contribution is -0.119. The van der Waals surface area contributed by atoms with Crippen molar-refractivity contribution in [1.29, 1.82) is 5.26 Å². The SMILES string of the molecule is CCN(CC(=O)NC)c1cc(C#N)ccc1[C@@H](C)O. The molecule has 1 amide bonds. The van der Waals surface area contributed by atoms with E-state index in [2.05, 4.69) is 11.4 Å². The number of carbonyl (C=O) groups is 1. The van der Waals surface area contributed by atoms with Crippen LogP contribution in [0.3, 0.4) is 0 Å². The van der Waals surface area contributed by atoms with Crippen LogP contribution < -0.4 is 10.2 Å². The van der Waals surface area contributed by atoms with Crippen LogP contribution in [-0.4, -0.2) is 31.2 Å². The molecule has 0 fully saturated rings. The number of nitrogens with zero attached hydrogens (tertiary/aromatic N) is 2. The summed E-state index contributed by atoms with van der Waals surface area (Å²) in [5, 5.41) is 21.3. The van der Waals surface area contributed by atoms with Crippen LogP contribution in [0.4, 0.5) is 5.69 Å². The summed E-state index contributed by atoms with van der Waals surface area (Å²) >= 11 is 0. The van der Waals surface area contributed by atoms with Gasteiger partial charge in [0.1, 0.15) is 0 Å². The molecule has 0 spiro atoms. The van der Waals surface area contributed by atoms with Crippen LogP contribution in [0.15, 0.2) is 18.2 Å². The highest BCUT2D eigenvalue weighted by Gasteiger charge is 2.16. The largest absolute Gasteiger partial charge is 0.389 e. The van der Waals surface area contributed by atoms with Crippen LogP contribution in [0.2, 0.25) is 0 Å². The summed E-state index contributed by atoms with van der Waals surface area (Å²) in [6.45, 7) is 4.40. The number of likely N-dealkylation sites (N-methyl/N-ethyl adjacent to an activating group) is 2. The average Bonchev–Trinajstić information content (AvgIpc) is 2.43. The monoisotopic (exact) mass is 261 g/mol. The number of anilines is 1. The minimum atomic E-state index is -0.651. The molecule has 0 aliphatic rings. The highest BCUT2D eigenvalue weighted by atomic mass is 16.3. The van der Waals surface area contributed by atoms with Crippen molar-refractivity contribution in [2.75, 3.05) is 25.0 Å². The van der Waals surface area contributed by atoms with E-state index in [4.69, 9.17) is 5.26 Å². The topological polar surface area (TPSA) is 76.4 Å². The number of amides is 1. The molecule has 0 aliphatic heterocycles. The van der Waals surface area contributed by atoms with Gasteiger partial charge in [0.25, 0.3) is 0 Å². The Hall–Kier alpha value is -2.06. The second-order valence-corrected chi connectivity index (χ2v) is 4.25. The fourth-order valence-corrected chi connectivity index (χ4v) is 1.86. The molecule has 1 atom stereocenters. The first kappa shape index (κ1) is 15.0. The van der Waals surface area contributed by atoms with Gasteiger partial charge in [-0.05, 0) is 26.0 Å². The maximum Gasteiger partial charge on any atom is 0.239 e. The van der Waals surface area contributed by atoms with E-state index >= 15 is 0 Å². The van der Waals surface area contributed by atoms with Gasteiger partial charge in [0, 0.05) is 24.8 Å². The van der Waals surface area contributed by atoms with Crippen LogP contribution >= 0.6 is 0 Å². The summed E-state index contributed by atoms with van der Waals surface area (Å²) in [4.78, 5) is 13.3. The summed E-state index contributed by atoms with van der Waals surface area (Å²) < 4.78 is 0. The number of benzene rings is 1. The Balaban J connectivity index is 3.19. The van der Waals surface area contributed by atoms with Crippen LogP contribution in [0.5, 0.6) is 0 Å². The molecule has 2 N–H and O–H groups in total. The first-order valence-electron chi connectivity index (χ1n) is 6.21. The molecule has 0 saturated carbocycles. The second-order valence-electron chi connectivity index (χ2n) is 4.25. The zero-order valence-corrected chi connectivity index (χ0v) is 11.5. The summed E-state index contributed by atoms with van der Waals surface area (Å²) in [7, 11) is 1.58.